The number of amides is 1. The standard InChI is InChI=1S/C19H19BrN4OS2/c1-3-8-24-17(11-15-5-4-9-26-15)22-23-19(24)27-12-18(25)21-16-7-6-14(20)10-13(16)2/h3-7,9-10H,1,8,11-12H2,2H3,(H,21,25). The molecule has 1 N–H and O–H groups in total. The van der Waals surface area contributed by atoms with Crippen LogP contribution in [0.25, 0.3) is 0 Å². The summed E-state index contributed by atoms with van der Waals surface area (Å²) >= 11 is 6.50. The Morgan fingerprint density at radius 1 is 1.41 bits per heavy atom. The molecule has 0 bridgehead atoms. The first-order valence-electron chi connectivity index (χ1n) is 8.31. The van der Waals surface area contributed by atoms with E-state index in [-0.39, 0.29) is 11.7 Å². The summed E-state index contributed by atoms with van der Waals surface area (Å²) in [7, 11) is 0. The number of benzene rings is 1. The van der Waals surface area contributed by atoms with Crippen LogP contribution in [-0.2, 0) is 17.8 Å². The number of carbonyl (C=O) groups is 1. The molecule has 5 nitrogen and oxygen atoms in total. The van der Waals surface area contributed by atoms with Gasteiger partial charge in [-0.15, -0.1) is 28.1 Å². The van der Waals surface area contributed by atoms with Crippen LogP contribution in [0.15, 0.2) is 58.0 Å². The molecule has 1 aromatic carbocycles. The zero-order valence-electron chi connectivity index (χ0n) is 14.8. The van der Waals surface area contributed by atoms with E-state index >= 15 is 0 Å². The molecule has 0 aliphatic rings. The van der Waals surface area contributed by atoms with Gasteiger partial charge < -0.3 is 9.88 Å². The van der Waals surface area contributed by atoms with Gasteiger partial charge in [-0.2, -0.15) is 0 Å². The molecular formula is C19H19BrN4OS2. The fourth-order valence-electron chi connectivity index (χ4n) is 2.52. The van der Waals surface area contributed by atoms with Crippen LogP contribution in [0, 0.1) is 6.92 Å². The molecule has 0 atom stereocenters. The van der Waals surface area contributed by atoms with Crippen LogP contribution in [0.4, 0.5) is 5.69 Å². The number of rotatable bonds is 8. The second-order valence-electron chi connectivity index (χ2n) is 5.85. The summed E-state index contributed by atoms with van der Waals surface area (Å²) in [5.41, 5.74) is 1.82. The largest absolute Gasteiger partial charge is 0.325 e. The van der Waals surface area contributed by atoms with E-state index in [2.05, 4.69) is 44.1 Å². The maximum absolute atomic E-state index is 12.3. The number of thiophene rings is 1. The first-order chi connectivity index (χ1) is 13.1. The number of allylic oxidation sites excluding steroid dienone is 1. The van der Waals surface area contributed by atoms with Gasteiger partial charge in [-0.25, -0.2) is 0 Å². The van der Waals surface area contributed by atoms with Crippen molar-refractivity contribution in [1.29, 1.82) is 0 Å². The molecule has 0 aliphatic carbocycles. The second kappa shape index (κ2) is 9.34. The van der Waals surface area contributed by atoms with Gasteiger partial charge in [0.2, 0.25) is 5.91 Å². The third kappa shape index (κ3) is 5.31. The normalized spacial score (nSPS) is 10.7. The molecule has 0 radical (unpaired) electrons. The van der Waals surface area contributed by atoms with Crippen LogP contribution in [0.1, 0.15) is 16.3 Å². The van der Waals surface area contributed by atoms with Gasteiger partial charge in [0.15, 0.2) is 5.16 Å². The zero-order chi connectivity index (χ0) is 19.2. The summed E-state index contributed by atoms with van der Waals surface area (Å²) < 4.78 is 3.00. The maximum atomic E-state index is 12.3. The van der Waals surface area contributed by atoms with Gasteiger partial charge in [-0.1, -0.05) is 39.8 Å². The van der Waals surface area contributed by atoms with E-state index in [0.717, 1.165) is 33.1 Å². The van der Waals surface area contributed by atoms with E-state index in [1.54, 1.807) is 11.3 Å². The van der Waals surface area contributed by atoms with Crippen LogP contribution in [0.2, 0.25) is 0 Å². The Morgan fingerprint density at radius 3 is 2.96 bits per heavy atom. The molecule has 3 aromatic rings. The molecule has 0 fully saturated rings. The summed E-state index contributed by atoms with van der Waals surface area (Å²) in [4.78, 5) is 13.6. The van der Waals surface area contributed by atoms with Gasteiger partial charge in [0.25, 0.3) is 0 Å². The van der Waals surface area contributed by atoms with Crippen molar-refractivity contribution in [1.82, 2.24) is 14.8 Å². The molecule has 0 unspecified atom stereocenters. The number of nitrogens with one attached hydrogen (secondary N) is 1. The molecule has 27 heavy (non-hydrogen) atoms. The zero-order valence-corrected chi connectivity index (χ0v) is 18.0. The highest BCUT2D eigenvalue weighted by molar-refractivity contribution is 9.10. The first-order valence-corrected chi connectivity index (χ1v) is 11.0. The Kier molecular flexibility index (Phi) is 6.87. The van der Waals surface area contributed by atoms with Crippen LogP contribution >= 0.6 is 39.0 Å². The molecule has 2 heterocycles. The predicted molar refractivity (Wildman–Crippen MR) is 116 cm³/mol. The van der Waals surface area contributed by atoms with Crippen molar-refractivity contribution in [3.05, 3.63) is 69.1 Å². The minimum Gasteiger partial charge on any atom is -0.325 e. The number of hydrogen-bond acceptors (Lipinski definition) is 5. The van der Waals surface area contributed by atoms with E-state index in [0.29, 0.717) is 6.54 Å². The summed E-state index contributed by atoms with van der Waals surface area (Å²) in [6.07, 6.45) is 2.54. The molecule has 0 spiro atoms. The Balaban J connectivity index is 1.65. The molecule has 8 heteroatoms. The maximum Gasteiger partial charge on any atom is 0.234 e. The van der Waals surface area contributed by atoms with Crippen molar-refractivity contribution >= 4 is 50.6 Å². The lowest BCUT2D eigenvalue weighted by Gasteiger charge is -2.09. The monoisotopic (exact) mass is 462 g/mol. The number of halogens is 1. The number of thioether (sulfide) groups is 1. The van der Waals surface area contributed by atoms with Gasteiger partial charge in [-0.05, 0) is 42.1 Å². The summed E-state index contributed by atoms with van der Waals surface area (Å²) in [5.74, 6) is 1.08. The molecule has 2 aromatic heterocycles. The highest BCUT2D eigenvalue weighted by Crippen LogP contribution is 2.23. The number of aryl methyl sites for hydroxylation is 1. The Hall–Kier alpha value is -1.90. The van der Waals surface area contributed by atoms with Gasteiger partial charge in [0.05, 0.1) is 5.75 Å². The number of carbonyl (C=O) groups excluding carboxylic acids is 1. The Bertz CT molecular complexity index is 937. The average Bonchev–Trinajstić information content (AvgIpc) is 3.27. The second-order valence-corrected chi connectivity index (χ2v) is 8.74. The molecule has 0 aliphatic heterocycles. The predicted octanol–water partition coefficient (Wildman–Crippen LogP) is 4.92. The SMILES string of the molecule is C=CCn1c(Cc2cccs2)nnc1SCC(=O)Nc1ccc(Br)cc1C. The van der Waals surface area contributed by atoms with Crippen LogP contribution < -0.4 is 5.32 Å². The lowest BCUT2D eigenvalue weighted by molar-refractivity contribution is -0.113. The van der Waals surface area contributed by atoms with Gasteiger partial charge in [0.1, 0.15) is 5.82 Å². The number of hydrogen-bond donors (Lipinski definition) is 1. The van der Waals surface area contributed by atoms with E-state index in [1.807, 2.05) is 47.2 Å². The molecular weight excluding hydrogens is 444 g/mol. The lowest BCUT2D eigenvalue weighted by atomic mass is 10.2. The quantitative estimate of drug-likeness (QED) is 0.381. The van der Waals surface area contributed by atoms with Crippen molar-refractivity contribution in [3.8, 4) is 0 Å². The minimum absolute atomic E-state index is 0.0709. The van der Waals surface area contributed by atoms with Crippen molar-refractivity contribution < 1.29 is 4.79 Å². The third-order valence-electron chi connectivity index (χ3n) is 3.81. The number of nitrogens with zero attached hydrogens (tertiary/aromatic N) is 3. The van der Waals surface area contributed by atoms with E-state index in [4.69, 9.17) is 0 Å². The molecule has 0 saturated carbocycles. The van der Waals surface area contributed by atoms with Crippen molar-refractivity contribution in [2.75, 3.05) is 11.1 Å². The third-order valence-corrected chi connectivity index (χ3v) is 6.15. The number of anilines is 1. The first kappa shape index (κ1) is 19.9. The van der Waals surface area contributed by atoms with Crippen LogP contribution in [-0.4, -0.2) is 26.4 Å². The van der Waals surface area contributed by atoms with Crippen LogP contribution in [0.3, 0.4) is 0 Å². The van der Waals surface area contributed by atoms with Crippen molar-refractivity contribution in [2.45, 2.75) is 25.0 Å². The van der Waals surface area contributed by atoms with Gasteiger partial charge in [-0.3, -0.25) is 4.79 Å². The lowest BCUT2D eigenvalue weighted by Crippen LogP contribution is -2.15. The van der Waals surface area contributed by atoms with Crippen LogP contribution in [0.5, 0.6) is 0 Å². The summed E-state index contributed by atoms with van der Waals surface area (Å²) in [6.45, 7) is 6.39. The number of aromatic nitrogens is 3. The van der Waals surface area contributed by atoms with Gasteiger partial charge in [0, 0.05) is 28.0 Å². The molecule has 140 valence electrons. The summed E-state index contributed by atoms with van der Waals surface area (Å²) in [5, 5.41) is 14.3. The minimum atomic E-state index is -0.0709. The van der Waals surface area contributed by atoms with E-state index < -0.39 is 0 Å². The van der Waals surface area contributed by atoms with E-state index in [9.17, 15) is 4.79 Å². The van der Waals surface area contributed by atoms with E-state index in [1.165, 1.54) is 16.6 Å². The highest BCUT2D eigenvalue weighted by Gasteiger charge is 2.14. The molecule has 0 saturated heterocycles. The fraction of sp³-hybridized carbons (Fsp3) is 0.211. The smallest absolute Gasteiger partial charge is 0.234 e. The average molecular weight is 463 g/mol. The fourth-order valence-corrected chi connectivity index (χ4v) is 4.47. The van der Waals surface area contributed by atoms with Crippen molar-refractivity contribution in [3.63, 3.8) is 0 Å². The Morgan fingerprint density at radius 2 is 2.26 bits per heavy atom. The highest BCUT2D eigenvalue weighted by atomic mass is 79.9. The Labute approximate surface area is 175 Å². The summed E-state index contributed by atoms with van der Waals surface area (Å²) in [6, 6.07) is 9.88. The van der Waals surface area contributed by atoms with Gasteiger partial charge >= 0.3 is 0 Å². The molecule has 1 amide bonds. The topological polar surface area (TPSA) is 59.8 Å². The molecule has 3 rings (SSSR count). The van der Waals surface area contributed by atoms with Crippen molar-refractivity contribution in [2.24, 2.45) is 0 Å².